The molecule has 152 valence electrons. The third-order valence-corrected chi connectivity index (χ3v) is 6.13. The molecule has 4 nitrogen and oxygen atoms in total. The molecular formula is C19H21ClF3N3OS. The van der Waals surface area contributed by atoms with Crippen LogP contribution in [0, 0.1) is 6.92 Å². The fourth-order valence-corrected chi connectivity index (χ4v) is 4.56. The quantitative estimate of drug-likeness (QED) is 0.680. The van der Waals surface area contributed by atoms with E-state index in [0.717, 1.165) is 30.0 Å². The second kappa shape index (κ2) is 8.29. The molecule has 0 N–H and O–H groups in total. The third kappa shape index (κ3) is 4.43. The molecular weight excluding hydrogens is 411 g/mol. The molecule has 0 aliphatic carbocycles. The zero-order valence-corrected chi connectivity index (χ0v) is 17.2. The summed E-state index contributed by atoms with van der Waals surface area (Å²) in [6, 6.07) is 2.87. The Morgan fingerprint density at radius 2 is 1.93 bits per heavy atom. The zero-order chi connectivity index (χ0) is 20.5. The number of carbonyl (C=O) groups excluding carboxylic acids is 1. The van der Waals surface area contributed by atoms with Crippen molar-refractivity contribution in [3.8, 4) is 0 Å². The fraction of sp³-hybridized carbons (Fsp3) is 0.474. The molecule has 0 bridgehead atoms. The molecule has 0 atom stereocenters. The highest BCUT2D eigenvalue weighted by molar-refractivity contribution is 7.14. The van der Waals surface area contributed by atoms with Crippen LogP contribution < -0.4 is 4.90 Å². The second-order valence-electron chi connectivity index (χ2n) is 6.75. The first kappa shape index (κ1) is 20.9. The van der Waals surface area contributed by atoms with Crippen LogP contribution in [0.2, 0.25) is 5.02 Å². The molecule has 3 rings (SSSR count). The van der Waals surface area contributed by atoms with Gasteiger partial charge in [-0.15, -0.1) is 11.3 Å². The summed E-state index contributed by atoms with van der Waals surface area (Å²) in [5.41, 5.74) is 0.348. The van der Waals surface area contributed by atoms with Gasteiger partial charge in [0.05, 0.1) is 15.5 Å². The van der Waals surface area contributed by atoms with Crippen molar-refractivity contribution in [1.29, 1.82) is 0 Å². The molecule has 0 unspecified atom stereocenters. The number of halogens is 4. The number of carbonyl (C=O) groups is 1. The van der Waals surface area contributed by atoms with E-state index in [9.17, 15) is 18.0 Å². The third-order valence-electron chi connectivity index (χ3n) is 4.77. The van der Waals surface area contributed by atoms with Crippen molar-refractivity contribution >= 4 is 34.7 Å². The molecule has 1 saturated heterocycles. The molecule has 1 aliphatic rings. The zero-order valence-electron chi connectivity index (χ0n) is 15.6. The summed E-state index contributed by atoms with van der Waals surface area (Å²) in [6.45, 7) is 6.02. The first-order chi connectivity index (χ1) is 13.2. The summed E-state index contributed by atoms with van der Waals surface area (Å²) in [7, 11) is 0. The maximum absolute atomic E-state index is 12.8. The monoisotopic (exact) mass is 431 g/mol. The van der Waals surface area contributed by atoms with Gasteiger partial charge in [0.1, 0.15) is 5.82 Å². The Labute approximate surface area is 170 Å². The number of alkyl halides is 3. The highest BCUT2D eigenvalue weighted by Crippen LogP contribution is 2.34. The largest absolute Gasteiger partial charge is 0.417 e. The lowest BCUT2D eigenvalue weighted by Crippen LogP contribution is -2.49. The number of aryl methyl sites for hydroxylation is 2. The Kier molecular flexibility index (Phi) is 6.19. The van der Waals surface area contributed by atoms with E-state index < -0.39 is 11.7 Å². The van der Waals surface area contributed by atoms with E-state index in [0.29, 0.717) is 32.0 Å². The lowest BCUT2D eigenvalue weighted by molar-refractivity contribution is -0.137. The summed E-state index contributed by atoms with van der Waals surface area (Å²) >= 11 is 7.55. The van der Waals surface area contributed by atoms with Gasteiger partial charge in [0.2, 0.25) is 0 Å². The number of aromatic nitrogens is 1. The van der Waals surface area contributed by atoms with E-state index in [-0.39, 0.29) is 10.9 Å². The van der Waals surface area contributed by atoms with Crippen molar-refractivity contribution in [3.05, 3.63) is 44.2 Å². The Hall–Kier alpha value is -1.80. The van der Waals surface area contributed by atoms with Gasteiger partial charge in [-0.2, -0.15) is 13.2 Å². The van der Waals surface area contributed by atoms with Crippen LogP contribution >= 0.6 is 22.9 Å². The van der Waals surface area contributed by atoms with Crippen LogP contribution in [0.25, 0.3) is 0 Å². The normalized spacial score (nSPS) is 15.2. The summed E-state index contributed by atoms with van der Waals surface area (Å²) in [5.74, 6) is 0.320. The van der Waals surface area contributed by atoms with Crippen molar-refractivity contribution in [3.63, 3.8) is 0 Å². The molecule has 0 saturated carbocycles. The van der Waals surface area contributed by atoms with Gasteiger partial charge in [0.25, 0.3) is 5.91 Å². The van der Waals surface area contributed by atoms with Gasteiger partial charge < -0.3 is 9.80 Å². The predicted octanol–water partition coefficient (Wildman–Crippen LogP) is 5.04. The number of nitrogens with zero attached hydrogens (tertiary/aromatic N) is 3. The summed E-state index contributed by atoms with van der Waals surface area (Å²) in [4.78, 5) is 22.2. The van der Waals surface area contributed by atoms with Gasteiger partial charge in [-0.1, -0.05) is 24.9 Å². The van der Waals surface area contributed by atoms with Crippen LogP contribution in [0.5, 0.6) is 0 Å². The highest BCUT2D eigenvalue weighted by Gasteiger charge is 2.32. The van der Waals surface area contributed by atoms with Crippen LogP contribution in [0.1, 0.15) is 39.0 Å². The van der Waals surface area contributed by atoms with Gasteiger partial charge in [-0.3, -0.25) is 4.79 Å². The minimum atomic E-state index is -4.48. The topological polar surface area (TPSA) is 36.4 Å². The molecule has 9 heteroatoms. The minimum absolute atomic E-state index is 0.00146. The van der Waals surface area contributed by atoms with Crippen LogP contribution in [0.3, 0.4) is 0 Å². The SMILES string of the molecule is CCCc1cc(C(=O)N2CCN(c3ncc(C(F)(F)F)cc3Cl)CC2)sc1C. The first-order valence-electron chi connectivity index (χ1n) is 9.07. The lowest BCUT2D eigenvalue weighted by Gasteiger charge is -2.35. The maximum Gasteiger partial charge on any atom is 0.417 e. The molecule has 0 radical (unpaired) electrons. The average molecular weight is 432 g/mol. The molecule has 0 spiro atoms. The Morgan fingerprint density at radius 3 is 2.50 bits per heavy atom. The maximum atomic E-state index is 12.8. The molecule has 1 aliphatic heterocycles. The second-order valence-corrected chi connectivity index (χ2v) is 8.41. The number of piperazine rings is 1. The summed E-state index contributed by atoms with van der Waals surface area (Å²) in [5, 5.41) is -0.0345. The van der Waals surface area contributed by atoms with E-state index in [2.05, 4.69) is 11.9 Å². The van der Waals surface area contributed by atoms with E-state index in [1.54, 1.807) is 4.90 Å². The summed E-state index contributed by atoms with van der Waals surface area (Å²) in [6.07, 6.45) is -1.69. The molecule has 28 heavy (non-hydrogen) atoms. The molecule has 1 fully saturated rings. The van der Waals surface area contributed by atoms with E-state index in [1.807, 2.05) is 17.9 Å². The Morgan fingerprint density at radius 1 is 1.25 bits per heavy atom. The number of anilines is 1. The van der Waals surface area contributed by atoms with Gasteiger partial charge in [-0.25, -0.2) is 4.98 Å². The van der Waals surface area contributed by atoms with Gasteiger partial charge >= 0.3 is 6.18 Å². The van der Waals surface area contributed by atoms with Crippen molar-refractivity contribution in [2.45, 2.75) is 32.9 Å². The number of hydrogen-bond acceptors (Lipinski definition) is 4. The van der Waals surface area contributed by atoms with Crippen LogP contribution in [0.4, 0.5) is 19.0 Å². The van der Waals surface area contributed by atoms with Gasteiger partial charge in [0.15, 0.2) is 0 Å². The van der Waals surface area contributed by atoms with Crippen LogP contribution in [0.15, 0.2) is 18.3 Å². The molecule has 2 aromatic heterocycles. The average Bonchev–Trinajstić information content (AvgIpc) is 3.01. The smallest absolute Gasteiger partial charge is 0.352 e. The van der Waals surface area contributed by atoms with Crippen LogP contribution in [-0.2, 0) is 12.6 Å². The number of amides is 1. The first-order valence-corrected chi connectivity index (χ1v) is 10.3. The molecule has 1 amide bonds. The van der Waals surface area contributed by atoms with Gasteiger partial charge in [0, 0.05) is 37.3 Å². The van der Waals surface area contributed by atoms with Crippen molar-refractivity contribution in [2.24, 2.45) is 0 Å². The number of rotatable bonds is 4. The van der Waals surface area contributed by atoms with Crippen molar-refractivity contribution < 1.29 is 18.0 Å². The highest BCUT2D eigenvalue weighted by atomic mass is 35.5. The fourth-order valence-electron chi connectivity index (χ4n) is 3.24. The van der Waals surface area contributed by atoms with Crippen molar-refractivity contribution in [2.75, 3.05) is 31.1 Å². The summed E-state index contributed by atoms with van der Waals surface area (Å²) < 4.78 is 38.3. The molecule has 2 aromatic rings. The number of hydrogen-bond donors (Lipinski definition) is 0. The number of pyridine rings is 1. The number of thiophene rings is 1. The van der Waals surface area contributed by atoms with E-state index in [1.165, 1.54) is 21.8 Å². The van der Waals surface area contributed by atoms with Gasteiger partial charge in [-0.05, 0) is 31.0 Å². The lowest BCUT2D eigenvalue weighted by atomic mass is 10.1. The van der Waals surface area contributed by atoms with E-state index in [4.69, 9.17) is 11.6 Å². The van der Waals surface area contributed by atoms with Crippen LogP contribution in [-0.4, -0.2) is 42.0 Å². The molecule has 3 heterocycles. The Balaban J connectivity index is 1.66. The predicted molar refractivity (Wildman–Crippen MR) is 105 cm³/mol. The Bertz CT molecular complexity index is 861. The van der Waals surface area contributed by atoms with E-state index >= 15 is 0 Å². The minimum Gasteiger partial charge on any atom is -0.352 e. The van der Waals surface area contributed by atoms with Crippen molar-refractivity contribution in [1.82, 2.24) is 9.88 Å². The standard InChI is InChI=1S/C19H21ClF3N3OS/c1-3-4-13-9-16(28-12(13)2)18(27)26-7-5-25(6-8-26)17-15(20)10-14(11-24-17)19(21,22)23/h9-11H,3-8H2,1-2H3. The molecule has 0 aromatic carbocycles.